The molecule has 1 aromatic carbocycles. The predicted octanol–water partition coefficient (Wildman–Crippen LogP) is 1.21. The van der Waals surface area contributed by atoms with Crippen LogP contribution in [0.25, 0.3) is 0 Å². The van der Waals surface area contributed by atoms with Crippen LogP contribution in [-0.2, 0) is 4.74 Å². The van der Waals surface area contributed by atoms with E-state index in [0.717, 1.165) is 12.1 Å². The predicted molar refractivity (Wildman–Crippen MR) is 66.1 cm³/mol. The molecule has 1 aromatic rings. The van der Waals surface area contributed by atoms with Gasteiger partial charge < -0.3 is 15.2 Å². The van der Waals surface area contributed by atoms with Gasteiger partial charge in [0.25, 0.3) is 5.91 Å². The summed E-state index contributed by atoms with van der Waals surface area (Å²) < 4.78 is 5.22. The molecular weight excluding hydrogens is 252 g/mol. The normalized spacial score (nSPS) is 22.2. The summed E-state index contributed by atoms with van der Waals surface area (Å²) in [7, 11) is 0. The van der Waals surface area contributed by atoms with Crippen molar-refractivity contribution < 1.29 is 19.6 Å². The van der Waals surface area contributed by atoms with Crippen LogP contribution in [0.15, 0.2) is 18.2 Å². The summed E-state index contributed by atoms with van der Waals surface area (Å²) in [6, 6.07) is 3.51. The lowest BCUT2D eigenvalue weighted by Gasteiger charge is -2.23. The number of phenols is 1. The van der Waals surface area contributed by atoms with Crippen LogP contribution in [0.5, 0.6) is 5.75 Å². The van der Waals surface area contributed by atoms with Crippen LogP contribution in [0.4, 0.5) is 5.69 Å². The van der Waals surface area contributed by atoms with Gasteiger partial charge in [0.15, 0.2) is 5.75 Å². The maximum absolute atomic E-state index is 12.0. The van der Waals surface area contributed by atoms with Gasteiger partial charge in [-0.05, 0) is 25.5 Å². The SMILES string of the molecule is CC1(NC(=O)c2ccc([N+](=O)[O-])c(O)c2)CCOC1. The van der Waals surface area contributed by atoms with E-state index in [1.807, 2.05) is 6.92 Å². The molecule has 7 heteroatoms. The number of aromatic hydroxyl groups is 1. The van der Waals surface area contributed by atoms with Crippen molar-refractivity contribution in [1.29, 1.82) is 0 Å². The molecule has 1 aliphatic heterocycles. The number of ether oxygens (including phenoxy) is 1. The Labute approximate surface area is 109 Å². The maximum Gasteiger partial charge on any atom is 0.310 e. The molecule has 1 saturated heterocycles. The highest BCUT2D eigenvalue weighted by atomic mass is 16.6. The molecule has 2 rings (SSSR count). The van der Waals surface area contributed by atoms with E-state index in [1.54, 1.807) is 0 Å². The average molecular weight is 266 g/mol. The number of rotatable bonds is 3. The third-order valence-electron chi connectivity index (χ3n) is 3.07. The Morgan fingerprint density at radius 3 is 2.84 bits per heavy atom. The number of carbonyl (C=O) groups excluding carboxylic acids is 1. The zero-order chi connectivity index (χ0) is 14.0. The number of hydrogen-bond donors (Lipinski definition) is 2. The Morgan fingerprint density at radius 2 is 2.32 bits per heavy atom. The standard InChI is InChI=1S/C12H14N2O5/c1-12(4-5-19-7-12)13-11(16)8-2-3-9(14(17)18)10(15)6-8/h2-3,6,15H,4-5,7H2,1H3,(H,13,16). The van der Waals surface area contributed by atoms with E-state index < -0.39 is 27.8 Å². The number of nitro benzene ring substituents is 1. The first-order valence-electron chi connectivity index (χ1n) is 5.79. The monoisotopic (exact) mass is 266 g/mol. The molecule has 0 saturated carbocycles. The molecule has 1 unspecified atom stereocenters. The average Bonchev–Trinajstić information content (AvgIpc) is 2.75. The molecule has 7 nitrogen and oxygen atoms in total. The van der Waals surface area contributed by atoms with Crippen molar-refractivity contribution in [2.45, 2.75) is 18.9 Å². The summed E-state index contributed by atoms with van der Waals surface area (Å²) in [5.74, 6) is -0.913. The molecule has 1 atom stereocenters. The fourth-order valence-electron chi connectivity index (χ4n) is 1.93. The smallest absolute Gasteiger partial charge is 0.310 e. The molecule has 0 aliphatic carbocycles. The van der Waals surface area contributed by atoms with Gasteiger partial charge in [-0.3, -0.25) is 14.9 Å². The lowest BCUT2D eigenvalue weighted by Crippen LogP contribution is -2.46. The van der Waals surface area contributed by atoms with E-state index in [2.05, 4.69) is 5.32 Å². The first-order chi connectivity index (χ1) is 8.91. The van der Waals surface area contributed by atoms with E-state index >= 15 is 0 Å². The second-order valence-corrected chi connectivity index (χ2v) is 4.78. The third-order valence-corrected chi connectivity index (χ3v) is 3.07. The van der Waals surface area contributed by atoms with E-state index in [4.69, 9.17) is 4.74 Å². The van der Waals surface area contributed by atoms with Crippen LogP contribution in [-0.4, -0.2) is 34.7 Å². The molecule has 1 fully saturated rings. The molecule has 102 valence electrons. The Morgan fingerprint density at radius 1 is 1.58 bits per heavy atom. The minimum Gasteiger partial charge on any atom is -0.502 e. The van der Waals surface area contributed by atoms with Gasteiger partial charge in [-0.25, -0.2) is 0 Å². The Bertz CT molecular complexity index is 523. The Kier molecular flexibility index (Phi) is 3.39. The second kappa shape index (κ2) is 4.85. The van der Waals surface area contributed by atoms with E-state index in [9.17, 15) is 20.0 Å². The number of hydrogen-bond acceptors (Lipinski definition) is 5. The van der Waals surface area contributed by atoms with E-state index in [-0.39, 0.29) is 5.56 Å². The second-order valence-electron chi connectivity index (χ2n) is 4.78. The third kappa shape index (κ3) is 2.82. The van der Waals surface area contributed by atoms with Crippen LogP contribution < -0.4 is 5.32 Å². The molecule has 0 bridgehead atoms. The van der Waals surface area contributed by atoms with Gasteiger partial charge in [0.05, 0.1) is 17.1 Å². The topological polar surface area (TPSA) is 102 Å². The fraction of sp³-hybridized carbons (Fsp3) is 0.417. The van der Waals surface area contributed by atoms with Crippen molar-refractivity contribution in [3.8, 4) is 5.75 Å². The summed E-state index contributed by atoms with van der Waals surface area (Å²) in [4.78, 5) is 21.8. The van der Waals surface area contributed by atoms with Crippen LogP contribution in [0.3, 0.4) is 0 Å². The van der Waals surface area contributed by atoms with Gasteiger partial charge in [-0.1, -0.05) is 0 Å². The molecule has 1 aliphatic rings. The quantitative estimate of drug-likeness (QED) is 0.632. The Hall–Kier alpha value is -2.15. The number of nitrogens with one attached hydrogen (secondary N) is 1. The number of nitrogens with zero attached hydrogens (tertiary/aromatic N) is 1. The highest BCUT2D eigenvalue weighted by molar-refractivity contribution is 5.95. The van der Waals surface area contributed by atoms with Crippen molar-refractivity contribution in [2.75, 3.05) is 13.2 Å². The number of amides is 1. The number of carbonyl (C=O) groups is 1. The number of nitro groups is 1. The molecule has 0 spiro atoms. The van der Waals surface area contributed by atoms with Crippen molar-refractivity contribution in [2.24, 2.45) is 0 Å². The lowest BCUT2D eigenvalue weighted by atomic mass is 10.0. The van der Waals surface area contributed by atoms with Crippen molar-refractivity contribution >= 4 is 11.6 Å². The maximum atomic E-state index is 12.0. The zero-order valence-corrected chi connectivity index (χ0v) is 10.4. The van der Waals surface area contributed by atoms with Gasteiger partial charge in [-0.2, -0.15) is 0 Å². The van der Waals surface area contributed by atoms with Crippen molar-refractivity contribution in [3.63, 3.8) is 0 Å². The minimum absolute atomic E-state index is 0.177. The van der Waals surface area contributed by atoms with Crippen LogP contribution in [0, 0.1) is 10.1 Å². The van der Waals surface area contributed by atoms with Gasteiger partial charge in [0.1, 0.15) is 0 Å². The highest BCUT2D eigenvalue weighted by Crippen LogP contribution is 2.26. The van der Waals surface area contributed by atoms with Gasteiger partial charge in [-0.15, -0.1) is 0 Å². The summed E-state index contributed by atoms with van der Waals surface area (Å²) in [6.07, 6.45) is 0.706. The molecular formula is C12H14N2O5. The van der Waals surface area contributed by atoms with Gasteiger partial charge in [0.2, 0.25) is 0 Å². The van der Waals surface area contributed by atoms with Crippen molar-refractivity contribution in [1.82, 2.24) is 5.32 Å². The van der Waals surface area contributed by atoms with Gasteiger partial charge >= 0.3 is 5.69 Å². The van der Waals surface area contributed by atoms with Crippen LogP contribution >= 0.6 is 0 Å². The number of benzene rings is 1. The van der Waals surface area contributed by atoms with E-state index in [0.29, 0.717) is 19.6 Å². The molecule has 19 heavy (non-hydrogen) atoms. The fourth-order valence-corrected chi connectivity index (χ4v) is 1.93. The minimum atomic E-state index is -0.705. The Balaban J connectivity index is 2.16. The summed E-state index contributed by atoms with van der Waals surface area (Å²) in [5.41, 5.74) is -0.683. The zero-order valence-electron chi connectivity index (χ0n) is 10.4. The molecule has 1 heterocycles. The first-order valence-corrected chi connectivity index (χ1v) is 5.79. The molecule has 1 amide bonds. The molecule has 0 radical (unpaired) electrons. The summed E-state index contributed by atoms with van der Waals surface area (Å²) >= 11 is 0. The largest absolute Gasteiger partial charge is 0.502 e. The summed E-state index contributed by atoms with van der Waals surface area (Å²) in [5, 5.41) is 22.9. The lowest BCUT2D eigenvalue weighted by molar-refractivity contribution is -0.385. The van der Waals surface area contributed by atoms with Crippen LogP contribution in [0.2, 0.25) is 0 Å². The highest BCUT2D eigenvalue weighted by Gasteiger charge is 2.31. The van der Waals surface area contributed by atoms with Crippen molar-refractivity contribution in [3.05, 3.63) is 33.9 Å². The van der Waals surface area contributed by atoms with Crippen LogP contribution in [0.1, 0.15) is 23.7 Å². The number of phenolic OH excluding ortho intramolecular Hbond substituents is 1. The van der Waals surface area contributed by atoms with Gasteiger partial charge in [0, 0.05) is 18.2 Å². The summed E-state index contributed by atoms with van der Waals surface area (Å²) in [6.45, 7) is 2.88. The van der Waals surface area contributed by atoms with E-state index in [1.165, 1.54) is 6.07 Å². The molecule has 2 N–H and O–H groups in total. The first kappa shape index (κ1) is 13.3. The molecule has 0 aromatic heterocycles.